The molecule has 2 heterocycles. The maximum absolute atomic E-state index is 12.4. The predicted octanol–water partition coefficient (Wildman–Crippen LogP) is 3.95. The molecule has 1 N–H and O–H groups in total. The van der Waals surface area contributed by atoms with Gasteiger partial charge in [0.2, 0.25) is 5.91 Å². The van der Waals surface area contributed by atoms with Crippen LogP contribution in [0, 0.1) is 0 Å². The molecule has 32 heavy (non-hydrogen) atoms. The number of furan rings is 1. The van der Waals surface area contributed by atoms with Crippen LogP contribution in [0.3, 0.4) is 0 Å². The number of carbonyl (C=O) groups excluding carboxylic acids is 1. The highest BCUT2D eigenvalue weighted by Gasteiger charge is 2.20. The Morgan fingerprint density at radius 1 is 1.03 bits per heavy atom. The van der Waals surface area contributed by atoms with Crippen molar-refractivity contribution in [2.75, 3.05) is 20.0 Å². The SMILES string of the molecule is COc1ccc(-n2c(SCC(=O)NCc3ccco3)nnc2-c2ccccc2OC)cc1. The number of para-hydroxylation sites is 1. The van der Waals surface area contributed by atoms with Crippen molar-refractivity contribution in [3.8, 4) is 28.6 Å². The number of ether oxygens (including phenoxy) is 2. The van der Waals surface area contributed by atoms with Gasteiger partial charge in [0.05, 0.1) is 44.0 Å². The second-order valence-corrected chi connectivity index (χ2v) is 7.63. The van der Waals surface area contributed by atoms with Crippen LogP contribution in [0.2, 0.25) is 0 Å². The number of rotatable bonds is 9. The van der Waals surface area contributed by atoms with Crippen molar-refractivity contribution < 1.29 is 18.7 Å². The number of aromatic nitrogens is 3. The number of methoxy groups -OCH3 is 2. The molecule has 0 aliphatic carbocycles. The average Bonchev–Trinajstić information content (AvgIpc) is 3.51. The second kappa shape index (κ2) is 10.1. The van der Waals surface area contributed by atoms with Crippen molar-refractivity contribution in [1.29, 1.82) is 0 Å². The molecule has 4 rings (SSSR count). The van der Waals surface area contributed by atoms with Crippen molar-refractivity contribution >= 4 is 17.7 Å². The monoisotopic (exact) mass is 450 g/mol. The van der Waals surface area contributed by atoms with Crippen LogP contribution in [0.5, 0.6) is 11.5 Å². The topological polar surface area (TPSA) is 91.4 Å². The Morgan fingerprint density at radius 2 is 1.84 bits per heavy atom. The van der Waals surface area contributed by atoms with E-state index in [0.29, 0.717) is 29.0 Å². The van der Waals surface area contributed by atoms with Gasteiger partial charge < -0.3 is 19.2 Å². The van der Waals surface area contributed by atoms with Gasteiger partial charge in [0, 0.05) is 0 Å². The number of thioether (sulfide) groups is 1. The van der Waals surface area contributed by atoms with E-state index in [9.17, 15) is 4.79 Å². The van der Waals surface area contributed by atoms with E-state index in [1.54, 1.807) is 26.5 Å². The third-order valence-electron chi connectivity index (χ3n) is 4.68. The first-order valence-electron chi connectivity index (χ1n) is 9.84. The van der Waals surface area contributed by atoms with Crippen molar-refractivity contribution in [1.82, 2.24) is 20.1 Å². The second-order valence-electron chi connectivity index (χ2n) is 6.68. The molecule has 2 aromatic carbocycles. The molecular formula is C23H22N4O4S. The van der Waals surface area contributed by atoms with Gasteiger partial charge in [0.15, 0.2) is 11.0 Å². The third-order valence-corrected chi connectivity index (χ3v) is 5.61. The number of hydrogen-bond acceptors (Lipinski definition) is 7. The fraction of sp³-hybridized carbons (Fsp3) is 0.174. The molecule has 0 fully saturated rings. The van der Waals surface area contributed by atoms with Gasteiger partial charge in [-0.1, -0.05) is 23.9 Å². The van der Waals surface area contributed by atoms with Gasteiger partial charge in [0.1, 0.15) is 17.3 Å². The van der Waals surface area contributed by atoms with Crippen LogP contribution < -0.4 is 14.8 Å². The number of hydrogen-bond donors (Lipinski definition) is 1. The third kappa shape index (κ3) is 4.78. The van der Waals surface area contributed by atoms with E-state index < -0.39 is 0 Å². The van der Waals surface area contributed by atoms with E-state index in [4.69, 9.17) is 13.9 Å². The van der Waals surface area contributed by atoms with Crippen LogP contribution >= 0.6 is 11.8 Å². The van der Waals surface area contributed by atoms with E-state index >= 15 is 0 Å². The Kier molecular flexibility index (Phi) is 6.76. The van der Waals surface area contributed by atoms with Gasteiger partial charge in [0.25, 0.3) is 0 Å². The molecule has 0 unspecified atom stereocenters. The Morgan fingerprint density at radius 3 is 2.56 bits per heavy atom. The zero-order chi connectivity index (χ0) is 22.3. The van der Waals surface area contributed by atoms with Gasteiger partial charge in [-0.2, -0.15) is 0 Å². The molecule has 0 saturated heterocycles. The zero-order valence-electron chi connectivity index (χ0n) is 17.6. The maximum Gasteiger partial charge on any atom is 0.230 e. The summed E-state index contributed by atoms with van der Waals surface area (Å²) in [5.74, 6) is 2.79. The fourth-order valence-corrected chi connectivity index (χ4v) is 3.89. The van der Waals surface area contributed by atoms with Crippen LogP contribution in [0.4, 0.5) is 0 Å². The van der Waals surface area contributed by atoms with E-state index in [0.717, 1.165) is 17.0 Å². The number of amides is 1. The summed E-state index contributed by atoms with van der Waals surface area (Å²) in [5, 5.41) is 12.2. The fourth-order valence-electron chi connectivity index (χ4n) is 3.11. The van der Waals surface area contributed by atoms with Crippen molar-refractivity contribution in [3.63, 3.8) is 0 Å². The number of carbonyl (C=O) groups is 1. The molecule has 0 atom stereocenters. The summed E-state index contributed by atoms with van der Waals surface area (Å²) in [6.07, 6.45) is 1.58. The molecule has 8 nitrogen and oxygen atoms in total. The largest absolute Gasteiger partial charge is 0.497 e. The van der Waals surface area contributed by atoms with E-state index in [1.807, 2.05) is 59.2 Å². The highest BCUT2D eigenvalue weighted by Crippen LogP contribution is 2.33. The molecule has 0 aliphatic rings. The maximum atomic E-state index is 12.4. The number of nitrogens with zero attached hydrogens (tertiary/aromatic N) is 3. The summed E-state index contributed by atoms with van der Waals surface area (Å²) in [6, 6.07) is 18.8. The van der Waals surface area contributed by atoms with Crippen molar-refractivity contribution in [2.24, 2.45) is 0 Å². The minimum atomic E-state index is -0.130. The van der Waals surface area contributed by atoms with Crippen LogP contribution in [0.1, 0.15) is 5.76 Å². The standard InChI is InChI=1S/C23H22N4O4S/c1-29-17-11-9-16(10-12-17)27-22(19-7-3-4-8-20(19)30-2)25-26-23(27)32-15-21(28)24-14-18-6-5-13-31-18/h3-13H,14-15H2,1-2H3,(H,24,28). The van der Waals surface area contributed by atoms with Crippen LogP contribution in [0.25, 0.3) is 17.1 Å². The van der Waals surface area contributed by atoms with E-state index in [-0.39, 0.29) is 11.7 Å². The van der Waals surface area contributed by atoms with Crippen molar-refractivity contribution in [2.45, 2.75) is 11.7 Å². The lowest BCUT2D eigenvalue weighted by Gasteiger charge is -2.13. The van der Waals surface area contributed by atoms with Crippen LogP contribution in [0.15, 0.2) is 76.5 Å². The molecule has 2 aromatic heterocycles. The van der Waals surface area contributed by atoms with Crippen molar-refractivity contribution in [3.05, 3.63) is 72.7 Å². The van der Waals surface area contributed by atoms with Gasteiger partial charge in [-0.25, -0.2) is 0 Å². The first-order valence-corrected chi connectivity index (χ1v) is 10.8. The van der Waals surface area contributed by atoms with Gasteiger partial charge >= 0.3 is 0 Å². The molecule has 0 radical (unpaired) electrons. The highest BCUT2D eigenvalue weighted by atomic mass is 32.2. The van der Waals surface area contributed by atoms with Gasteiger partial charge in [-0.3, -0.25) is 9.36 Å². The highest BCUT2D eigenvalue weighted by molar-refractivity contribution is 7.99. The number of nitrogens with one attached hydrogen (secondary N) is 1. The summed E-state index contributed by atoms with van der Waals surface area (Å²) in [5.41, 5.74) is 1.64. The Labute approximate surface area is 189 Å². The summed E-state index contributed by atoms with van der Waals surface area (Å²) >= 11 is 1.30. The van der Waals surface area contributed by atoms with E-state index in [2.05, 4.69) is 15.5 Å². The summed E-state index contributed by atoms with van der Waals surface area (Å²) in [4.78, 5) is 12.4. The average molecular weight is 451 g/mol. The molecule has 164 valence electrons. The lowest BCUT2D eigenvalue weighted by atomic mass is 10.2. The lowest BCUT2D eigenvalue weighted by molar-refractivity contribution is -0.118. The minimum Gasteiger partial charge on any atom is -0.497 e. The zero-order valence-corrected chi connectivity index (χ0v) is 18.5. The lowest BCUT2D eigenvalue weighted by Crippen LogP contribution is -2.24. The minimum absolute atomic E-state index is 0.130. The summed E-state index contributed by atoms with van der Waals surface area (Å²) in [7, 11) is 3.24. The number of benzene rings is 2. The van der Waals surface area contributed by atoms with Gasteiger partial charge in [-0.05, 0) is 48.5 Å². The van der Waals surface area contributed by atoms with Crippen LogP contribution in [-0.2, 0) is 11.3 Å². The smallest absolute Gasteiger partial charge is 0.230 e. The molecule has 1 amide bonds. The molecule has 0 saturated carbocycles. The molecular weight excluding hydrogens is 428 g/mol. The Hall–Kier alpha value is -3.72. The van der Waals surface area contributed by atoms with Crippen LogP contribution in [-0.4, -0.2) is 40.6 Å². The molecule has 4 aromatic rings. The molecule has 9 heteroatoms. The quantitative estimate of drug-likeness (QED) is 0.386. The van der Waals surface area contributed by atoms with E-state index in [1.165, 1.54) is 11.8 Å². The predicted molar refractivity (Wildman–Crippen MR) is 121 cm³/mol. The first kappa shape index (κ1) is 21.5. The summed E-state index contributed by atoms with van der Waals surface area (Å²) < 4.78 is 18.0. The normalized spacial score (nSPS) is 10.7. The first-order chi connectivity index (χ1) is 15.7. The van der Waals surface area contributed by atoms with Gasteiger partial charge in [-0.15, -0.1) is 10.2 Å². The Balaban J connectivity index is 1.61. The summed E-state index contributed by atoms with van der Waals surface area (Å²) in [6.45, 7) is 0.337. The molecule has 0 bridgehead atoms. The Bertz CT molecular complexity index is 1170. The molecule has 0 spiro atoms. The molecule has 0 aliphatic heterocycles.